The summed E-state index contributed by atoms with van der Waals surface area (Å²) < 4.78 is 1.56. The van der Waals surface area contributed by atoms with Crippen LogP contribution in [0.2, 0.25) is 0 Å². The largest absolute Gasteiger partial charge is 0.478 e. The third kappa shape index (κ3) is 1.54. The molecule has 3 fully saturated rings. The van der Waals surface area contributed by atoms with E-state index in [0.29, 0.717) is 0 Å². The Morgan fingerprint density at radius 1 is 1.47 bits per heavy atom. The average Bonchev–Trinajstić information content (AvgIpc) is 2.03. The van der Waals surface area contributed by atoms with E-state index in [1.807, 2.05) is 0 Å². The third-order valence-corrected chi connectivity index (χ3v) is 3.83. The van der Waals surface area contributed by atoms with E-state index in [1.165, 1.54) is 12.3 Å². The molecule has 17 heavy (non-hydrogen) atoms. The van der Waals surface area contributed by atoms with E-state index >= 15 is 0 Å². The number of anilines is 1. The number of hydrogen-bond acceptors (Lipinski definition) is 3. The fraction of sp³-hybridized carbons (Fsp3) is 0.455. The molecule has 1 radical (unpaired) electrons. The number of nitrogens with zero attached hydrogens (tertiary/aromatic N) is 1. The Kier molecular flexibility index (Phi) is 2.64. The molecule has 3 saturated carbocycles. The Balaban J connectivity index is 0.00000108. The molecule has 0 spiro atoms. The van der Waals surface area contributed by atoms with Gasteiger partial charge in [-0.05, 0) is 25.2 Å². The van der Waals surface area contributed by atoms with Crippen molar-refractivity contribution in [3.05, 3.63) is 28.2 Å². The average molecular weight is 227 g/mol. The Bertz CT molecular complexity index is 535. The van der Waals surface area contributed by atoms with Crippen molar-refractivity contribution >= 4 is 30.5 Å². The van der Waals surface area contributed by atoms with Crippen molar-refractivity contribution in [2.75, 3.05) is 5.73 Å². The molecule has 1 aromatic rings. The molecule has 85 valence electrons. The minimum atomic E-state index is -1.09. The monoisotopic (exact) mass is 227 g/mol. The summed E-state index contributed by atoms with van der Waals surface area (Å²) in [5, 5.41) is 8.95. The standard InChI is InChI=1S/C11H12N2O3.Li/c12-8-1-9(14)13(5-7(8)10(15)16)11-2-6(3-11)4-11;/h1,5-6H,2-4,12H2,(H,15,16);. The molecule has 0 saturated heterocycles. The normalized spacial score (nSPS) is 28.6. The SMILES string of the molecule is Nc1cc(=O)n(C23CC(C2)C3)cc1C(=O)O.[Li]. The predicted octanol–water partition coefficient (Wildman–Crippen LogP) is 0.257. The van der Waals surface area contributed by atoms with E-state index in [-0.39, 0.29) is 41.2 Å². The first-order valence-electron chi connectivity index (χ1n) is 5.28. The predicted molar refractivity (Wildman–Crippen MR) is 63.1 cm³/mol. The number of nitrogen functional groups attached to an aromatic ring is 1. The van der Waals surface area contributed by atoms with E-state index in [4.69, 9.17) is 10.8 Å². The van der Waals surface area contributed by atoms with Gasteiger partial charge < -0.3 is 15.4 Å². The molecule has 1 heterocycles. The molecule has 0 aliphatic heterocycles. The molecule has 0 amide bonds. The molecular weight excluding hydrogens is 215 g/mol. The molecule has 3 aliphatic carbocycles. The van der Waals surface area contributed by atoms with Crippen molar-refractivity contribution in [2.45, 2.75) is 24.8 Å². The van der Waals surface area contributed by atoms with Crippen LogP contribution in [0.15, 0.2) is 17.1 Å². The molecule has 6 heteroatoms. The summed E-state index contributed by atoms with van der Waals surface area (Å²) in [6.07, 6.45) is 4.39. The maximum Gasteiger partial charge on any atom is 0.339 e. The summed E-state index contributed by atoms with van der Waals surface area (Å²) in [7, 11) is 0. The molecule has 0 aromatic carbocycles. The number of nitrogens with two attached hydrogens (primary N) is 1. The van der Waals surface area contributed by atoms with Crippen LogP contribution in [0.3, 0.4) is 0 Å². The Labute approximate surface area is 110 Å². The van der Waals surface area contributed by atoms with Crippen LogP contribution in [0.25, 0.3) is 0 Å². The van der Waals surface area contributed by atoms with Gasteiger partial charge in [0, 0.05) is 36.7 Å². The van der Waals surface area contributed by atoms with Gasteiger partial charge in [-0.1, -0.05) is 0 Å². The maximum absolute atomic E-state index is 11.8. The minimum absolute atomic E-state index is 0. The maximum atomic E-state index is 11.8. The number of carboxylic acid groups (broad SMARTS) is 1. The summed E-state index contributed by atoms with van der Waals surface area (Å²) in [5.74, 6) is -0.351. The number of aromatic carboxylic acids is 1. The van der Waals surface area contributed by atoms with Crippen LogP contribution < -0.4 is 11.3 Å². The summed E-state index contributed by atoms with van der Waals surface area (Å²) >= 11 is 0. The number of aromatic nitrogens is 1. The van der Waals surface area contributed by atoms with Crippen molar-refractivity contribution in [2.24, 2.45) is 5.92 Å². The van der Waals surface area contributed by atoms with Gasteiger partial charge in [0.2, 0.25) is 0 Å². The molecule has 0 atom stereocenters. The number of pyridine rings is 1. The van der Waals surface area contributed by atoms with Crippen molar-refractivity contribution in [1.29, 1.82) is 0 Å². The second kappa shape index (κ2) is 3.66. The van der Waals surface area contributed by atoms with Crippen LogP contribution in [-0.2, 0) is 5.54 Å². The molecule has 4 rings (SSSR count). The first kappa shape index (κ1) is 12.3. The molecule has 3 aliphatic rings. The van der Waals surface area contributed by atoms with E-state index in [2.05, 4.69) is 0 Å². The second-order valence-corrected chi connectivity index (χ2v) is 4.86. The quantitative estimate of drug-likeness (QED) is 0.709. The molecular formula is C11H12LiN2O3. The zero-order chi connectivity index (χ0) is 11.5. The fourth-order valence-corrected chi connectivity index (χ4v) is 2.82. The van der Waals surface area contributed by atoms with Crippen molar-refractivity contribution in [1.82, 2.24) is 4.57 Å². The van der Waals surface area contributed by atoms with Gasteiger partial charge in [0.1, 0.15) is 0 Å². The zero-order valence-corrected chi connectivity index (χ0v) is 9.64. The number of carboxylic acids is 1. The summed E-state index contributed by atoms with van der Waals surface area (Å²) in [6, 6.07) is 1.21. The zero-order valence-electron chi connectivity index (χ0n) is 9.64. The van der Waals surface area contributed by atoms with E-state index in [1.54, 1.807) is 4.57 Å². The van der Waals surface area contributed by atoms with Crippen LogP contribution in [0, 0.1) is 5.92 Å². The van der Waals surface area contributed by atoms with E-state index in [0.717, 1.165) is 25.2 Å². The van der Waals surface area contributed by atoms with Gasteiger partial charge in [0.25, 0.3) is 5.56 Å². The first-order valence-corrected chi connectivity index (χ1v) is 5.28. The Hall–Kier alpha value is -1.18. The smallest absolute Gasteiger partial charge is 0.339 e. The van der Waals surface area contributed by atoms with Crippen LogP contribution in [0.5, 0.6) is 0 Å². The molecule has 5 nitrogen and oxygen atoms in total. The van der Waals surface area contributed by atoms with E-state index < -0.39 is 5.97 Å². The topological polar surface area (TPSA) is 85.3 Å². The van der Waals surface area contributed by atoms with Gasteiger partial charge in [-0.2, -0.15) is 0 Å². The molecule has 0 unspecified atom stereocenters. The molecule has 2 bridgehead atoms. The van der Waals surface area contributed by atoms with Crippen LogP contribution in [0.4, 0.5) is 5.69 Å². The van der Waals surface area contributed by atoms with Gasteiger partial charge in [-0.25, -0.2) is 4.79 Å². The van der Waals surface area contributed by atoms with Gasteiger partial charge in [0.15, 0.2) is 0 Å². The molecule has 1 aromatic heterocycles. The van der Waals surface area contributed by atoms with Crippen LogP contribution in [-0.4, -0.2) is 34.5 Å². The minimum Gasteiger partial charge on any atom is -0.478 e. The second-order valence-electron chi connectivity index (χ2n) is 4.86. The van der Waals surface area contributed by atoms with Gasteiger partial charge in [-0.3, -0.25) is 4.79 Å². The van der Waals surface area contributed by atoms with Crippen LogP contribution in [0.1, 0.15) is 29.6 Å². The molecule has 3 N–H and O–H groups in total. The first-order chi connectivity index (χ1) is 7.52. The van der Waals surface area contributed by atoms with Gasteiger partial charge >= 0.3 is 5.97 Å². The fourth-order valence-electron chi connectivity index (χ4n) is 2.82. The number of rotatable bonds is 2. The summed E-state index contributed by atoms with van der Waals surface area (Å²) in [6.45, 7) is 0. The number of carbonyl (C=O) groups is 1. The van der Waals surface area contributed by atoms with Gasteiger partial charge in [0.05, 0.1) is 11.3 Å². The van der Waals surface area contributed by atoms with Crippen molar-refractivity contribution < 1.29 is 9.90 Å². The Morgan fingerprint density at radius 3 is 2.47 bits per heavy atom. The van der Waals surface area contributed by atoms with Gasteiger partial charge in [-0.15, -0.1) is 0 Å². The summed E-state index contributed by atoms with van der Waals surface area (Å²) in [4.78, 5) is 22.7. The van der Waals surface area contributed by atoms with E-state index in [9.17, 15) is 9.59 Å². The van der Waals surface area contributed by atoms with Crippen LogP contribution >= 0.6 is 0 Å². The Morgan fingerprint density at radius 2 is 2.06 bits per heavy atom. The summed E-state index contributed by atoms with van der Waals surface area (Å²) in [5.41, 5.74) is 5.28. The third-order valence-electron chi connectivity index (χ3n) is 3.83. The van der Waals surface area contributed by atoms with Crippen molar-refractivity contribution in [3.63, 3.8) is 0 Å². The number of hydrogen-bond donors (Lipinski definition) is 2. The van der Waals surface area contributed by atoms with Crippen molar-refractivity contribution in [3.8, 4) is 0 Å².